The number of ether oxygens (including phenoxy) is 1. The van der Waals surface area contributed by atoms with Crippen LogP contribution >= 0.6 is 0 Å². The molecule has 1 atom stereocenters. The second-order valence-electron chi connectivity index (χ2n) is 7.14. The largest absolute Gasteiger partial charge is 0.489 e. The first-order valence-electron chi connectivity index (χ1n) is 9.40. The highest BCUT2D eigenvalue weighted by Gasteiger charge is 2.31. The second-order valence-corrected chi connectivity index (χ2v) is 7.14. The molecule has 2 aromatic carbocycles. The number of fused-ring (bicyclic) bond motifs is 1. The Bertz CT molecular complexity index is 1050. The first kappa shape index (κ1) is 18.7. The second kappa shape index (κ2) is 7.79. The van der Waals surface area contributed by atoms with Crippen molar-refractivity contribution in [2.75, 3.05) is 18.6 Å². The van der Waals surface area contributed by atoms with Crippen molar-refractivity contribution in [3.63, 3.8) is 0 Å². The summed E-state index contributed by atoms with van der Waals surface area (Å²) in [5.74, 6) is 0.381. The van der Waals surface area contributed by atoms with Crippen LogP contribution in [-0.4, -0.2) is 41.4 Å². The molecule has 7 heteroatoms. The van der Waals surface area contributed by atoms with E-state index in [4.69, 9.17) is 4.74 Å². The van der Waals surface area contributed by atoms with E-state index in [-0.39, 0.29) is 12.5 Å². The topological polar surface area (TPSA) is 76.5 Å². The Morgan fingerprint density at radius 1 is 1.21 bits per heavy atom. The molecule has 0 fully saturated rings. The van der Waals surface area contributed by atoms with Gasteiger partial charge in [0.05, 0.1) is 11.9 Å². The van der Waals surface area contributed by atoms with Crippen molar-refractivity contribution in [2.24, 2.45) is 0 Å². The fraction of sp³-hybridized carbons (Fsp3) is 0.227. The Kier molecular flexibility index (Phi) is 5.03. The number of benzene rings is 2. The van der Waals surface area contributed by atoms with Gasteiger partial charge in [0.25, 0.3) is 5.91 Å². The van der Waals surface area contributed by atoms with Crippen LogP contribution in [0.1, 0.15) is 16.7 Å². The number of anilines is 1. The summed E-state index contributed by atoms with van der Waals surface area (Å²) in [4.78, 5) is 27.0. The monoisotopic (exact) mass is 390 g/mol. The Balaban J connectivity index is 1.45. The molecule has 0 spiro atoms. The first-order chi connectivity index (χ1) is 14.0. The zero-order valence-corrected chi connectivity index (χ0v) is 16.3. The van der Waals surface area contributed by atoms with Crippen molar-refractivity contribution in [1.82, 2.24) is 15.1 Å². The van der Waals surface area contributed by atoms with Gasteiger partial charge in [-0.2, -0.15) is 9.78 Å². The van der Waals surface area contributed by atoms with E-state index in [9.17, 15) is 9.59 Å². The molecule has 1 N–H and O–H groups in total. The van der Waals surface area contributed by atoms with Gasteiger partial charge in [0.1, 0.15) is 18.4 Å². The van der Waals surface area contributed by atoms with Gasteiger partial charge in [-0.05, 0) is 35.7 Å². The lowest BCUT2D eigenvalue weighted by Crippen LogP contribution is -2.50. The molecular formula is C22H22N4O3. The third-order valence-electron chi connectivity index (χ3n) is 4.90. The number of likely N-dealkylation sites (N-methyl/N-ethyl adjacent to an activating group) is 1. The summed E-state index contributed by atoms with van der Waals surface area (Å²) in [7, 11) is 1.68. The van der Waals surface area contributed by atoms with Crippen LogP contribution in [0.25, 0.3) is 0 Å². The predicted octanol–water partition coefficient (Wildman–Crippen LogP) is 2.76. The molecule has 0 radical (unpaired) electrons. The van der Waals surface area contributed by atoms with Gasteiger partial charge >= 0.3 is 6.03 Å². The van der Waals surface area contributed by atoms with Gasteiger partial charge in [-0.25, -0.2) is 4.79 Å². The molecule has 7 nitrogen and oxygen atoms in total. The lowest BCUT2D eigenvalue weighted by Gasteiger charge is -2.20. The minimum Gasteiger partial charge on any atom is -0.489 e. The minimum atomic E-state index is -0.804. The fourth-order valence-corrected chi connectivity index (χ4v) is 3.32. The molecule has 0 saturated carbocycles. The summed E-state index contributed by atoms with van der Waals surface area (Å²) in [6.07, 6.45) is 4.01. The molecule has 1 aliphatic rings. The zero-order valence-electron chi connectivity index (χ0n) is 16.3. The van der Waals surface area contributed by atoms with E-state index in [0.717, 1.165) is 16.7 Å². The van der Waals surface area contributed by atoms with Crippen LogP contribution in [-0.2, 0) is 11.2 Å². The lowest BCUT2D eigenvalue weighted by atomic mass is 10.1. The number of nitrogens with one attached hydrogen (secondary N) is 1. The summed E-state index contributed by atoms with van der Waals surface area (Å²) >= 11 is 0. The SMILES string of the molecule is Cc1ccc2c(c1)N(C)C(=O)[C@@H](NC(=O)n1cc(Cc3ccccc3)cn1)CO2. The van der Waals surface area contributed by atoms with Gasteiger partial charge in [0.15, 0.2) is 0 Å². The number of rotatable bonds is 3. The Morgan fingerprint density at radius 2 is 2.00 bits per heavy atom. The van der Waals surface area contributed by atoms with Crippen LogP contribution in [0.3, 0.4) is 0 Å². The number of nitrogens with zero attached hydrogens (tertiary/aromatic N) is 3. The molecule has 3 aromatic rings. The first-order valence-corrected chi connectivity index (χ1v) is 9.40. The maximum Gasteiger partial charge on any atom is 0.342 e. The van der Waals surface area contributed by atoms with Gasteiger partial charge in [-0.1, -0.05) is 36.4 Å². The smallest absolute Gasteiger partial charge is 0.342 e. The number of aryl methyl sites for hydroxylation is 1. The fourth-order valence-electron chi connectivity index (χ4n) is 3.32. The maximum absolute atomic E-state index is 12.8. The van der Waals surface area contributed by atoms with E-state index in [1.54, 1.807) is 19.4 Å². The summed E-state index contributed by atoms with van der Waals surface area (Å²) in [6.45, 7) is 2.01. The Labute approximate surface area is 168 Å². The van der Waals surface area contributed by atoms with Crippen molar-refractivity contribution in [1.29, 1.82) is 0 Å². The molecule has 148 valence electrons. The highest BCUT2D eigenvalue weighted by Crippen LogP contribution is 2.31. The van der Waals surface area contributed by atoms with Gasteiger partial charge < -0.3 is 15.0 Å². The third-order valence-corrected chi connectivity index (χ3v) is 4.90. The van der Waals surface area contributed by atoms with Crippen molar-refractivity contribution in [3.05, 3.63) is 77.6 Å². The highest BCUT2D eigenvalue weighted by molar-refractivity contribution is 6.00. The molecule has 0 bridgehead atoms. The number of hydrogen-bond acceptors (Lipinski definition) is 4. The van der Waals surface area contributed by atoms with E-state index in [0.29, 0.717) is 17.9 Å². The Morgan fingerprint density at radius 3 is 2.79 bits per heavy atom. The molecule has 29 heavy (non-hydrogen) atoms. The van der Waals surface area contributed by atoms with E-state index in [1.165, 1.54) is 9.58 Å². The summed E-state index contributed by atoms with van der Waals surface area (Å²) in [5, 5.41) is 6.86. The summed E-state index contributed by atoms with van der Waals surface area (Å²) in [6, 6.07) is 14.3. The van der Waals surface area contributed by atoms with Gasteiger partial charge in [-0.15, -0.1) is 0 Å². The van der Waals surface area contributed by atoms with Crippen LogP contribution in [0.4, 0.5) is 10.5 Å². The van der Waals surface area contributed by atoms with Crippen LogP contribution in [0, 0.1) is 6.92 Å². The summed E-state index contributed by atoms with van der Waals surface area (Å²) in [5.41, 5.74) is 3.76. The van der Waals surface area contributed by atoms with Crippen LogP contribution in [0.15, 0.2) is 60.9 Å². The molecule has 0 saturated heterocycles. The molecule has 1 aliphatic heterocycles. The molecule has 0 unspecified atom stereocenters. The third kappa shape index (κ3) is 3.99. The van der Waals surface area contributed by atoms with E-state index in [2.05, 4.69) is 10.4 Å². The highest BCUT2D eigenvalue weighted by atomic mass is 16.5. The van der Waals surface area contributed by atoms with Crippen LogP contribution in [0.2, 0.25) is 0 Å². The molecule has 2 amide bonds. The number of carbonyl (C=O) groups excluding carboxylic acids is 2. The molecule has 4 rings (SSSR count). The lowest BCUT2D eigenvalue weighted by molar-refractivity contribution is -0.120. The molecule has 0 aliphatic carbocycles. The predicted molar refractivity (Wildman–Crippen MR) is 109 cm³/mol. The van der Waals surface area contributed by atoms with Crippen molar-refractivity contribution in [3.8, 4) is 5.75 Å². The van der Waals surface area contributed by atoms with E-state index >= 15 is 0 Å². The number of aromatic nitrogens is 2. The van der Waals surface area contributed by atoms with Crippen molar-refractivity contribution >= 4 is 17.6 Å². The molecule has 2 heterocycles. The number of carbonyl (C=O) groups is 2. The van der Waals surface area contributed by atoms with Crippen LogP contribution < -0.4 is 15.0 Å². The Hall–Kier alpha value is -3.61. The number of amides is 2. The zero-order chi connectivity index (χ0) is 20.4. The van der Waals surface area contributed by atoms with Gasteiger partial charge in [0.2, 0.25) is 0 Å². The normalized spacial score (nSPS) is 16.0. The number of hydrogen-bond donors (Lipinski definition) is 1. The van der Waals surface area contributed by atoms with Crippen molar-refractivity contribution in [2.45, 2.75) is 19.4 Å². The van der Waals surface area contributed by atoms with Crippen molar-refractivity contribution < 1.29 is 14.3 Å². The van der Waals surface area contributed by atoms with E-state index < -0.39 is 12.1 Å². The van der Waals surface area contributed by atoms with Crippen LogP contribution in [0.5, 0.6) is 5.75 Å². The van der Waals surface area contributed by atoms with E-state index in [1.807, 2.05) is 55.5 Å². The van der Waals surface area contributed by atoms with Gasteiger partial charge in [-0.3, -0.25) is 4.79 Å². The average Bonchev–Trinajstić information content (AvgIpc) is 3.16. The standard InChI is InChI=1S/C22H22N4O3/c1-15-8-9-20-19(10-15)25(2)21(27)18(14-29-20)24-22(28)26-13-17(12-23-26)11-16-6-4-3-5-7-16/h3-10,12-13,18H,11,14H2,1-2H3,(H,24,28)/t18-/m0/s1. The average molecular weight is 390 g/mol. The van der Waals surface area contributed by atoms with Gasteiger partial charge in [0, 0.05) is 19.7 Å². The molecule has 1 aromatic heterocycles. The molecular weight excluding hydrogens is 368 g/mol. The quantitative estimate of drug-likeness (QED) is 0.746. The maximum atomic E-state index is 12.8. The summed E-state index contributed by atoms with van der Waals surface area (Å²) < 4.78 is 6.99. The minimum absolute atomic E-state index is 0.0586.